The van der Waals surface area contributed by atoms with Crippen LogP contribution in [0.4, 0.5) is 0 Å². The zero-order chi connectivity index (χ0) is 11.1. The summed E-state index contributed by atoms with van der Waals surface area (Å²) >= 11 is 0. The van der Waals surface area contributed by atoms with Gasteiger partial charge < -0.3 is 9.84 Å². The molecule has 0 saturated heterocycles. The first-order chi connectivity index (χ1) is 7.03. The molecule has 1 N–H and O–H groups in total. The fourth-order valence-electron chi connectivity index (χ4n) is 1.79. The molecule has 1 aliphatic rings. The molecule has 0 spiro atoms. The second-order valence-corrected chi connectivity index (χ2v) is 4.50. The fourth-order valence-corrected chi connectivity index (χ4v) is 1.79. The van der Waals surface area contributed by atoms with Crippen molar-refractivity contribution in [3.8, 4) is 5.75 Å². The van der Waals surface area contributed by atoms with Crippen molar-refractivity contribution in [1.82, 2.24) is 0 Å². The maximum atomic E-state index is 9.90. The lowest BCUT2D eigenvalue weighted by molar-refractivity contribution is -0.0411. The molecule has 1 heterocycles. The van der Waals surface area contributed by atoms with E-state index in [0.717, 1.165) is 16.9 Å². The molecule has 0 aromatic heterocycles. The van der Waals surface area contributed by atoms with Gasteiger partial charge >= 0.3 is 0 Å². The van der Waals surface area contributed by atoms with E-state index in [1.165, 1.54) is 0 Å². The number of fused-ring (bicyclic) bond motifs is 1. The van der Waals surface area contributed by atoms with Gasteiger partial charge in [0.05, 0.1) is 6.10 Å². The van der Waals surface area contributed by atoms with Crippen molar-refractivity contribution < 1.29 is 9.84 Å². The Kier molecular flexibility index (Phi) is 2.31. The number of ether oxygens (including phenoxy) is 1. The molecule has 1 aromatic carbocycles. The number of hydrogen-bond donors (Lipinski definition) is 1. The van der Waals surface area contributed by atoms with Crippen molar-refractivity contribution in [2.45, 2.75) is 32.0 Å². The molecular weight excluding hydrogens is 188 g/mol. The van der Waals surface area contributed by atoms with Crippen molar-refractivity contribution >= 4 is 6.08 Å². The van der Waals surface area contributed by atoms with Gasteiger partial charge in [0.25, 0.3) is 0 Å². The highest BCUT2D eigenvalue weighted by Crippen LogP contribution is 2.33. The van der Waals surface area contributed by atoms with Gasteiger partial charge in [0, 0.05) is 6.42 Å². The van der Waals surface area contributed by atoms with E-state index < -0.39 is 11.7 Å². The molecule has 0 radical (unpaired) electrons. The average Bonchev–Trinajstić information content (AvgIpc) is 2.19. The number of aliphatic hydroxyl groups excluding tert-OH is 1. The van der Waals surface area contributed by atoms with Gasteiger partial charge in [0.15, 0.2) is 0 Å². The molecule has 2 nitrogen and oxygen atoms in total. The third-order valence-electron chi connectivity index (χ3n) is 2.91. The molecule has 0 bridgehead atoms. The summed E-state index contributed by atoms with van der Waals surface area (Å²) in [6, 6.07) is 5.93. The van der Waals surface area contributed by atoms with E-state index in [1.807, 2.05) is 32.0 Å². The topological polar surface area (TPSA) is 29.5 Å². The van der Waals surface area contributed by atoms with Crippen LogP contribution in [-0.4, -0.2) is 16.8 Å². The van der Waals surface area contributed by atoms with Crippen LogP contribution in [0.1, 0.15) is 25.0 Å². The Labute approximate surface area is 90.2 Å². The molecule has 80 valence electrons. The summed E-state index contributed by atoms with van der Waals surface area (Å²) < 4.78 is 5.75. The van der Waals surface area contributed by atoms with Gasteiger partial charge in [0.1, 0.15) is 11.4 Å². The van der Waals surface area contributed by atoms with Crippen LogP contribution < -0.4 is 4.74 Å². The van der Waals surface area contributed by atoms with Crippen LogP contribution in [0.2, 0.25) is 0 Å². The van der Waals surface area contributed by atoms with Crippen LogP contribution in [0.25, 0.3) is 6.08 Å². The highest BCUT2D eigenvalue weighted by atomic mass is 16.5. The first kappa shape index (κ1) is 10.2. The minimum absolute atomic E-state index is 0.454. The summed E-state index contributed by atoms with van der Waals surface area (Å²) in [7, 11) is 0. The second kappa shape index (κ2) is 3.38. The molecule has 1 aliphatic heterocycles. The molecule has 0 fully saturated rings. The Hall–Kier alpha value is -1.28. The van der Waals surface area contributed by atoms with Crippen molar-refractivity contribution in [2.75, 3.05) is 0 Å². The minimum atomic E-state index is -0.497. The van der Waals surface area contributed by atoms with Crippen LogP contribution in [0.15, 0.2) is 24.8 Å². The number of hydrogen-bond acceptors (Lipinski definition) is 2. The van der Waals surface area contributed by atoms with Gasteiger partial charge in [0.2, 0.25) is 0 Å². The fraction of sp³-hybridized carbons (Fsp3) is 0.385. The second-order valence-electron chi connectivity index (χ2n) is 4.50. The van der Waals surface area contributed by atoms with E-state index in [2.05, 4.69) is 6.58 Å². The minimum Gasteiger partial charge on any atom is -0.485 e. The molecular formula is C13H16O2. The van der Waals surface area contributed by atoms with Crippen molar-refractivity contribution in [3.05, 3.63) is 35.9 Å². The maximum Gasteiger partial charge on any atom is 0.129 e. The molecule has 1 aromatic rings. The molecule has 15 heavy (non-hydrogen) atoms. The predicted molar refractivity (Wildman–Crippen MR) is 61.0 cm³/mol. The molecule has 1 atom stereocenters. The molecule has 0 aliphatic carbocycles. The van der Waals surface area contributed by atoms with Gasteiger partial charge in [-0.05, 0) is 37.1 Å². The molecule has 1 unspecified atom stereocenters. The average molecular weight is 204 g/mol. The first-order valence-electron chi connectivity index (χ1n) is 5.15. The van der Waals surface area contributed by atoms with E-state index in [9.17, 15) is 5.11 Å². The number of benzene rings is 1. The van der Waals surface area contributed by atoms with Gasteiger partial charge in [-0.3, -0.25) is 0 Å². The smallest absolute Gasteiger partial charge is 0.129 e. The standard InChI is InChI=1S/C13H16O2/c1-4-9-5-6-11-10(7-9)8-12(14)13(2,3)15-11/h4-7,12,14H,1,8H2,2-3H3. The van der Waals surface area contributed by atoms with Gasteiger partial charge in [-0.25, -0.2) is 0 Å². The Bertz CT molecular complexity index is 394. The Morgan fingerprint density at radius 2 is 2.27 bits per heavy atom. The number of aliphatic hydroxyl groups is 1. The van der Waals surface area contributed by atoms with Gasteiger partial charge in [-0.2, -0.15) is 0 Å². The summed E-state index contributed by atoms with van der Waals surface area (Å²) in [6.45, 7) is 7.53. The van der Waals surface area contributed by atoms with Gasteiger partial charge in [-0.1, -0.05) is 18.7 Å². The first-order valence-corrected chi connectivity index (χ1v) is 5.15. The Balaban J connectivity index is 2.41. The normalized spacial score (nSPS) is 22.7. The van der Waals surface area contributed by atoms with Gasteiger partial charge in [-0.15, -0.1) is 0 Å². The third kappa shape index (κ3) is 1.77. The molecule has 2 rings (SSSR count). The summed E-state index contributed by atoms with van der Waals surface area (Å²) in [4.78, 5) is 0. The van der Waals surface area contributed by atoms with Crippen molar-refractivity contribution in [3.63, 3.8) is 0 Å². The summed E-state index contributed by atoms with van der Waals surface area (Å²) in [5, 5.41) is 9.90. The molecule has 0 amide bonds. The lowest BCUT2D eigenvalue weighted by Crippen LogP contribution is -2.46. The van der Waals surface area contributed by atoms with Crippen LogP contribution in [0.5, 0.6) is 5.75 Å². The molecule has 2 heteroatoms. The Morgan fingerprint density at radius 3 is 2.93 bits per heavy atom. The molecule has 0 saturated carbocycles. The predicted octanol–water partition coefficient (Wildman–Crippen LogP) is 2.40. The van der Waals surface area contributed by atoms with E-state index in [0.29, 0.717) is 6.42 Å². The quantitative estimate of drug-likeness (QED) is 0.761. The summed E-state index contributed by atoms with van der Waals surface area (Å²) in [5.74, 6) is 0.871. The lowest BCUT2D eigenvalue weighted by atomic mass is 9.90. The van der Waals surface area contributed by atoms with E-state index in [1.54, 1.807) is 6.08 Å². The maximum absolute atomic E-state index is 9.90. The zero-order valence-corrected chi connectivity index (χ0v) is 9.16. The van der Waals surface area contributed by atoms with Crippen LogP contribution in [0, 0.1) is 0 Å². The van der Waals surface area contributed by atoms with E-state index >= 15 is 0 Å². The highest BCUT2D eigenvalue weighted by Gasteiger charge is 2.35. The summed E-state index contributed by atoms with van der Waals surface area (Å²) in [6.07, 6.45) is 1.99. The van der Waals surface area contributed by atoms with Crippen LogP contribution in [-0.2, 0) is 6.42 Å². The highest BCUT2D eigenvalue weighted by molar-refractivity contribution is 5.52. The monoisotopic (exact) mass is 204 g/mol. The third-order valence-corrected chi connectivity index (χ3v) is 2.91. The van der Waals surface area contributed by atoms with Crippen molar-refractivity contribution in [1.29, 1.82) is 0 Å². The lowest BCUT2D eigenvalue weighted by Gasteiger charge is -2.37. The van der Waals surface area contributed by atoms with Crippen LogP contribution in [0.3, 0.4) is 0 Å². The zero-order valence-electron chi connectivity index (χ0n) is 9.16. The van der Waals surface area contributed by atoms with Crippen LogP contribution >= 0.6 is 0 Å². The van der Waals surface area contributed by atoms with Crippen molar-refractivity contribution in [2.24, 2.45) is 0 Å². The number of rotatable bonds is 1. The van der Waals surface area contributed by atoms with E-state index in [-0.39, 0.29) is 0 Å². The Morgan fingerprint density at radius 1 is 1.53 bits per heavy atom. The summed E-state index contributed by atoms with van der Waals surface area (Å²) in [5.41, 5.74) is 1.62. The SMILES string of the molecule is C=Cc1ccc2c(c1)CC(O)C(C)(C)O2. The largest absolute Gasteiger partial charge is 0.485 e. The van der Waals surface area contributed by atoms with E-state index in [4.69, 9.17) is 4.74 Å².